The quantitative estimate of drug-likeness (QED) is 0.525. The molecule has 0 bridgehead atoms. The first kappa shape index (κ1) is 18.7. The Morgan fingerprint density at radius 3 is 2.72 bits per heavy atom. The number of carbonyl (C=O) groups excluding carboxylic acids is 2. The minimum absolute atomic E-state index is 0.145. The predicted molar refractivity (Wildman–Crippen MR) is 117 cm³/mol. The van der Waals surface area contributed by atoms with Gasteiger partial charge in [0.2, 0.25) is 5.91 Å². The normalized spacial score (nSPS) is 11.5. The first-order chi connectivity index (χ1) is 14.1. The van der Waals surface area contributed by atoms with Crippen molar-refractivity contribution in [1.29, 1.82) is 0 Å². The fraction of sp³-hybridized carbons (Fsp3) is 0.0870. The van der Waals surface area contributed by atoms with E-state index in [4.69, 9.17) is 6.42 Å². The zero-order valence-corrected chi connectivity index (χ0v) is 16.5. The molecule has 0 unspecified atom stereocenters. The number of amides is 2. The van der Waals surface area contributed by atoms with Gasteiger partial charge in [-0.25, -0.2) is 0 Å². The van der Waals surface area contributed by atoms with E-state index in [-0.39, 0.29) is 11.8 Å². The molecule has 142 valence electrons. The smallest absolute Gasteiger partial charge is 0.280 e. The van der Waals surface area contributed by atoms with E-state index in [9.17, 15) is 9.59 Å². The van der Waals surface area contributed by atoms with E-state index in [2.05, 4.69) is 16.2 Å². The van der Waals surface area contributed by atoms with Crippen LogP contribution in [-0.4, -0.2) is 16.4 Å². The third-order valence-corrected chi connectivity index (χ3v) is 5.51. The van der Waals surface area contributed by atoms with Crippen molar-refractivity contribution < 1.29 is 9.59 Å². The summed E-state index contributed by atoms with van der Waals surface area (Å²) in [5.41, 5.74) is 2.10. The Hall–Kier alpha value is -3.69. The molecule has 0 fully saturated rings. The molecule has 1 aromatic heterocycles. The monoisotopic (exact) mass is 399 g/mol. The molecule has 3 aromatic carbocycles. The third kappa shape index (κ3) is 3.68. The Morgan fingerprint density at radius 2 is 1.93 bits per heavy atom. The summed E-state index contributed by atoms with van der Waals surface area (Å²) in [7, 11) is 0. The highest BCUT2D eigenvalue weighted by molar-refractivity contribution is 7.16. The SMILES string of the molecule is C#CCn1c(=NC(=O)c2cccc3ccccc23)sc2cc(NC(C)=O)ccc21. The van der Waals surface area contributed by atoms with E-state index in [0.29, 0.717) is 22.6 Å². The summed E-state index contributed by atoms with van der Waals surface area (Å²) in [6.45, 7) is 1.75. The van der Waals surface area contributed by atoms with Crippen LogP contribution in [0.15, 0.2) is 65.7 Å². The summed E-state index contributed by atoms with van der Waals surface area (Å²) in [4.78, 5) is 29.2. The van der Waals surface area contributed by atoms with Crippen molar-refractivity contribution >= 4 is 49.8 Å². The summed E-state index contributed by atoms with van der Waals surface area (Å²) in [5.74, 6) is 2.16. The number of aromatic nitrogens is 1. The molecule has 0 atom stereocenters. The largest absolute Gasteiger partial charge is 0.326 e. The van der Waals surface area contributed by atoms with Crippen LogP contribution in [0.25, 0.3) is 21.0 Å². The second-order valence-corrected chi connectivity index (χ2v) is 7.49. The molecule has 1 heterocycles. The Balaban J connectivity index is 1.86. The number of thiazole rings is 1. The van der Waals surface area contributed by atoms with Crippen LogP contribution in [0.2, 0.25) is 0 Å². The van der Waals surface area contributed by atoms with E-state index < -0.39 is 0 Å². The molecule has 0 saturated carbocycles. The van der Waals surface area contributed by atoms with E-state index in [0.717, 1.165) is 21.0 Å². The van der Waals surface area contributed by atoms with Gasteiger partial charge in [-0.3, -0.25) is 9.59 Å². The molecule has 4 rings (SSSR count). The molecule has 0 aliphatic rings. The van der Waals surface area contributed by atoms with Gasteiger partial charge in [0.05, 0.1) is 16.8 Å². The van der Waals surface area contributed by atoms with Crippen molar-refractivity contribution in [3.8, 4) is 12.3 Å². The van der Waals surface area contributed by atoms with Crippen molar-refractivity contribution in [3.63, 3.8) is 0 Å². The van der Waals surface area contributed by atoms with Crippen LogP contribution in [0.4, 0.5) is 5.69 Å². The van der Waals surface area contributed by atoms with E-state index in [1.807, 2.05) is 53.1 Å². The lowest BCUT2D eigenvalue weighted by atomic mass is 10.0. The first-order valence-electron chi connectivity index (χ1n) is 8.98. The summed E-state index contributed by atoms with van der Waals surface area (Å²) in [6.07, 6.45) is 5.54. The molecule has 0 aliphatic carbocycles. The van der Waals surface area contributed by atoms with Gasteiger partial charge in [0.25, 0.3) is 5.91 Å². The Kier molecular flexibility index (Phi) is 4.98. The standard InChI is InChI=1S/C23H17N3O2S/c1-3-13-26-20-12-11-17(24-15(2)27)14-21(20)29-23(26)25-22(28)19-10-6-8-16-7-4-5-9-18(16)19/h1,4-12,14H,13H2,2H3,(H,24,27). The average Bonchev–Trinajstić information content (AvgIpc) is 3.03. The number of carbonyl (C=O) groups is 2. The van der Waals surface area contributed by atoms with Crippen molar-refractivity contribution in [1.82, 2.24) is 4.57 Å². The number of anilines is 1. The number of hydrogen-bond donors (Lipinski definition) is 1. The maximum absolute atomic E-state index is 13.0. The van der Waals surface area contributed by atoms with Crippen LogP contribution in [0, 0.1) is 12.3 Å². The maximum atomic E-state index is 13.0. The topological polar surface area (TPSA) is 63.5 Å². The highest BCUT2D eigenvalue weighted by atomic mass is 32.1. The van der Waals surface area contributed by atoms with Crippen LogP contribution in [-0.2, 0) is 11.3 Å². The second kappa shape index (κ2) is 7.74. The van der Waals surface area contributed by atoms with Crippen molar-refractivity contribution in [2.24, 2.45) is 4.99 Å². The maximum Gasteiger partial charge on any atom is 0.280 e. The fourth-order valence-electron chi connectivity index (χ4n) is 3.24. The average molecular weight is 399 g/mol. The van der Waals surface area contributed by atoms with Crippen molar-refractivity contribution in [3.05, 3.63) is 71.0 Å². The minimum atomic E-state index is -0.318. The van der Waals surface area contributed by atoms with Crippen LogP contribution < -0.4 is 10.1 Å². The summed E-state index contributed by atoms with van der Waals surface area (Å²) in [5, 5.41) is 4.61. The number of terminal acetylenes is 1. The highest BCUT2D eigenvalue weighted by Gasteiger charge is 2.12. The van der Waals surface area contributed by atoms with Crippen molar-refractivity contribution in [2.75, 3.05) is 5.32 Å². The molecule has 4 aromatic rings. The fourth-order valence-corrected chi connectivity index (χ4v) is 4.31. The second-order valence-electron chi connectivity index (χ2n) is 6.48. The molecular formula is C23H17N3O2S. The number of rotatable bonds is 3. The summed E-state index contributed by atoms with van der Waals surface area (Å²) < 4.78 is 2.72. The molecule has 0 radical (unpaired) electrons. The molecule has 5 nitrogen and oxygen atoms in total. The lowest BCUT2D eigenvalue weighted by Crippen LogP contribution is -2.16. The van der Waals surface area contributed by atoms with Gasteiger partial charge in [0, 0.05) is 18.2 Å². The van der Waals surface area contributed by atoms with E-state index in [1.54, 1.807) is 12.1 Å². The van der Waals surface area contributed by atoms with Gasteiger partial charge in [-0.15, -0.1) is 6.42 Å². The van der Waals surface area contributed by atoms with Gasteiger partial charge < -0.3 is 9.88 Å². The molecule has 2 amide bonds. The minimum Gasteiger partial charge on any atom is -0.326 e. The molecular weight excluding hydrogens is 382 g/mol. The van der Waals surface area contributed by atoms with Gasteiger partial charge in [0.1, 0.15) is 0 Å². The van der Waals surface area contributed by atoms with Crippen molar-refractivity contribution in [2.45, 2.75) is 13.5 Å². The van der Waals surface area contributed by atoms with Crippen LogP contribution in [0.3, 0.4) is 0 Å². The zero-order valence-electron chi connectivity index (χ0n) is 15.7. The van der Waals surface area contributed by atoms with Gasteiger partial charge in [-0.1, -0.05) is 53.7 Å². The van der Waals surface area contributed by atoms with Gasteiger partial charge in [-0.2, -0.15) is 4.99 Å². The predicted octanol–water partition coefficient (Wildman–Crippen LogP) is 4.19. The molecule has 6 heteroatoms. The highest BCUT2D eigenvalue weighted by Crippen LogP contribution is 2.23. The van der Waals surface area contributed by atoms with E-state index >= 15 is 0 Å². The number of hydrogen-bond acceptors (Lipinski definition) is 3. The molecule has 0 spiro atoms. The molecule has 0 aliphatic heterocycles. The Morgan fingerprint density at radius 1 is 1.14 bits per heavy atom. The molecule has 29 heavy (non-hydrogen) atoms. The van der Waals surface area contributed by atoms with Crippen LogP contribution in [0.1, 0.15) is 17.3 Å². The lowest BCUT2D eigenvalue weighted by Gasteiger charge is -2.04. The summed E-state index contributed by atoms with van der Waals surface area (Å²) >= 11 is 1.36. The van der Waals surface area contributed by atoms with E-state index in [1.165, 1.54) is 18.3 Å². The van der Waals surface area contributed by atoms with Gasteiger partial charge in [-0.05, 0) is 35.0 Å². The molecule has 1 N–H and O–H groups in total. The third-order valence-electron chi connectivity index (χ3n) is 4.47. The Labute approximate surface area is 171 Å². The lowest BCUT2D eigenvalue weighted by molar-refractivity contribution is -0.114. The van der Waals surface area contributed by atoms with Crippen LogP contribution in [0.5, 0.6) is 0 Å². The first-order valence-corrected chi connectivity index (χ1v) is 9.80. The molecule has 0 saturated heterocycles. The number of nitrogens with zero attached hydrogens (tertiary/aromatic N) is 2. The zero-order chi connectivity index (χ0) is 20.4. The van der Waals surface area contributed by atoms with Gasteiger partial charge in [0.15, 0.2) is 4.80 Å². The summed E-state index contributed by atoms with van der Waals surface area (Å²) in [6, 6.07) is 18.9. The van der Waals surface area contributed by atoms with Gasteiger partial charge >= 0.3 is 0 Å². The Bertz CT molecular complexity index is 1370. The number of nitrogens with one attached hydrogen (secondary N) is 1. The number of benzene rings is 3. The van der Waals surface area contributed by atoms with Crippen LogP contribution >= 0.6 is 11.3 Å². The number of fused-ring (bicyclic) bond motifs is 2.